The van der Waals surface area contributed by atoms with Crippen LogP contribution < -0.4 is 9.64 Å². The number of benzene rings is 2. The molecule has 1 amide bonds. The van der Waals surface area contributed by atoms with Crippen molar-refractivity contribution in [3.8, 4) is 5.75 Å². The van der Waals surface area contributed by atoms with Crippen LogP contribution in [-0.4, -0.2) is 30.5 Å². The Bertz CT molecular complexity index is 1150. The minimum Gasteiger partial charge on any atom is -0.465 e. The van der Waals surface area contributed by atoms with Gasteiger partial charge in [-0.05, 0) is 56.9 Å². The molecule has 0 radical (unpaired) electrons. The summed E-state index contributed by atoms with van der Waals surface area (Å²) in [6, 6.07) is 14.5. The average Bonchev–Trinajstić information content (AvgIpc) is 3.25. The SMILES string of the molecule is Cc1ccc(S(=O)(=O)N2C(=O)[C@@]34CCC[C@@]35Oc3ccccc3N5C2CC4)cc1. The molecule has 4 fully saturated rings. The van der Waals surface area contributed by atoms with Crippen molar-refractivity contribution < 1.29 is 17.9 Å². The summed E-state index contributed by atoms with van der Waals surface area (Å²) in [5.41, 5.74) is 0.292. The number of sulfonamides is 1. The van der Waals surface area contributed by atoms with Crippen LogP contribution in [0.25, 0.3) is 0 Å². The summed E-state index contributed by atoms with van der Waals surface area (Å²) in [5, 5.41) is 0. The van der Waals surface area contributed by atoms with Gasteiger partial charge in [0.2, 0.25) is 5.91 Å². The summed E-state index contributed by atoms with van der Waals surface area (Å²) < 4.78 is 34.9. The lowest BCUT2D eigenvalue weighted by atomic mass is 9.68. The van der Waals surface area contributed by atoms with E-state index in [0.717, 1.165) is 34.1 Å². The Hall–Kier alpha value is -2.54. The Kier molecular flexibility index (Phi) is 3.18. The van der Waals surface area contributed by atoms with Crippen LogP contribution in [0.15, 0.2) is 53.4 Å². The highest BCUT2D eigenvalue weighted by Crippen LogP contribution is 2.66. The molecular weight excluding hydrogens is 388 g/mol. The van der Waals surface area contributed by atoms with E-state index in [1.807, 2.05) is 31.2 Å². The molecule has 0 N–H and O–H groups in total. The van der Waals surface area contributed by atoms with Gasteiger partial charge in [-0.2, -0.15) is 0 Å². The molecule has 3 saturated heterocycles. The van der Waals surface area contributed by atoms with Gasteiger partial charge in [0.25, 0.3) is 10.0 Å². The minimum atomic E-state index is -3.96. The quantitative estimate of drug-likeness (QED) is 0.759. The van der Waals surface area contributed by atoms with E-state index >= 15 is 0 Å². The van der Waals surface area contributed by atoms with E-state index < -0.39 is 27.3 Å². The maximum absolute atomic E-state index is 13.8. The zero-order valence-electron chi connectivity index (χ0n) is 16.2. The third-order valence-corrected chi connectivity index (χ3v) is 9.04. The van der Waals surface area contributed by atoms with Crippen molar-refractivity contribution in [2.75, 3.05) is 4.90 Å². The number of piperidine rings is 2. The number of amides is 1. The first kappa shape index (κ1) is 17.3. The molecular formula is C22H22N2O4S. The van der Waals surface area contributed by atoms with Gasteiger partial charge in [0.1, 0.15) is 17.3 Å². The van der Waals surface area contributed by atoms with Gasteiger partial charge in [0.05, 0.1) is 10.6 Å². The first-order valence-corrected chi connectivity index (χ1v) is 11.6. The number of aryl methyl sites for hydroxylation is 1. The smallest absolute Gasteiger partial charge is 0.268 e. The monoisotopic (exact) mass is 410 g/mol. The lowest BCUT2D eigenvalue weighted by Crippen LogP contribution is -2.78. The van der Waals surface area contributed by atoms with Crippen LogP contribution in [0.5, 0.6) is 5.75 Å². The molecule has 29 heavy (non-hydrogen) atoms. The summed E-state index contributed by atoms with van der Waals surface area (Å²) >= 11 is 0. The number of hydrogen-bond donors (Lipinski definition) is 0. The van der Waals surface area contributed by atoms with E-state index in [2.05, 4.69) is 4.90 Å². The molecule has 4 aliphatic heterocycles. The third kappa shape index (κ3) is 1.87. The summed E-state index contributed by atoms with van der Waals surface area (Å²) in [4.78, 5) is 16.1. The summed E-state index contributed by atoms with van der Waals surface area (Å²) in [6.45, 7) is 1.91. The van der Waals surface area contributed by atoms with E-state index in [1.165, 1.54) is 0 Å². The van der Waals surface area contributed by atoms with E-state index in [1.54, 1.807) is 24.3 Å². The van der Waals surface area contributed by atoms with Crippen molar-refractivity contribution in [1.82, 2.24) is 4.31 Å². The Morgan fingerprint density at radius 1 is 1.03 bits per heavy atom. The van der Waals surface area contributed by atoms with Gasteiger partial charge in [-0.3, -0.25) is 4.79 Å². The second kappa shape index (κ2) is 5.33. The van der Waals surface area contributed by atoms with Gasteiger partial charge in [-0.25, -0.2) is 12.7 Å². The number of carbonyl (C=O) groups excluding carboxylic acids is 1. The van der Waals surface area contributed by atoms with Crippen LogP contribution in [0.4, 0.5) is 5.69 Å². The topological polar surface area (TPSA) is 66.9 Å². The minimum absolute atomic E-state index is 0.164. The number of rotatable bonds is 2. The van der Waals surface area contributed by atoms with Crippen LogP contribution in [0.1, 0.15) is 37.7 Å². The van der Waals surface area contributed by atoms with Gasteiger partial charge in [0, 0.05) is 6.42 Å². The van der Waals surface area contributed by atoms with E-state index in [9.17, 15) is 13.2 Å². The maximum atomic E-state index is 13.8. The van der Waals surface area contributed by atoms with Crippen molar-refractivity contribution in [3.05, 3.63) is 54.1 Å². The highest BCUT2D eigenvalue weighted by molar-refractivity contribution is 7.89. The van der Waals surface area contributed by atoms with Gasteiger partial charge in [-0.1, -0.05) is 29.8 Å². The Morgan fingerprint density at radius 2 is 1.79 bits per heavy atom. The van der Waals surface area contributed by atoms with Crippen LogP contribution in [-0.2, 0) is 14.8 Å². The number of para-hydroxylation sites is 2. The van der Waals surface area contributed by atoms with Crippen molar-refractivity contribution in [2.24, 2.45) is 5.41 Å². The zero-order valence-corrected chi connectivity index (χ0v) is 17.0. The van der Waals surface area contributed by atoms with Gasteiger partial charge in [0.15, 0.2) is 5.72 Å². The fourth-order valence-corrected chi connectivity index (χ4v) is 7.62. The number of fused-ring (bicyclic) bond motifs is 3. The largest absolute Gasteiger partial charge is 0.465 e. The molecule has 2 spiro atoms. The predicted molar refractivity (Wildman–Crippen MR) is 107 cm³/mol. The van der Waals surface area contributed by atoms with Crippen LogP contribution in [0, 0.1) is 12.3 Å². The van der Waals surface area contributed by atoms with E-state index in [-0.39, 0.29) is 10.8 Å². The number of anilines is 1. The fourth-order valence-electron chi connectivity index (χ4n) is 6.00. The van der Waals surface area contributed by atoms with Gasteiger partial charge < -0.3 is 9.64 Å². The first-order chi connectivity index (χ1) is 13.9. The molecule has 1 saturated carbocycles. The molecule has 2 bridgehead atoms. The van der Waals surface area contributed by atoms with Crippen molar-refractivity contribution >= 4 is 21.6 Å². The average molecular weight is 410 g/mol. The third-order valence-electron chi connectivity index (χ3n) is 7.25. The molecule has 2 aromatic carbocycles. The fraction of sp³-hybridized carbons (Fsp3) is 0.409. The standard InChI is InChI=1S/C22H22N2O4S/c1-15-7-9-16(10-8-15)29(26,27)24-19-11-14-21(20(24)25)12-4-13-22(21)23(19)17-5-2-3-6-18(17)28-22/h2-3,5-10,19H,4,11-14H2,1H3/t19?,21-,22+/m0/s1. The maximum Gasteiger partial charge on any atom is 0.268 e. The molecule has 4 heterocycles. The summed E-state index contributed by atoms with van der Waals surface area (Å²) in [6.07, 6.45) is 2.97. The molecule has 5 aliphatic rings. The Labute approximate surface area is 170 Å². The highest BCUT2D eigenvalue weighted by Gasteiger charge is 2.76. The number of ether oxygens (including phenoxy) is 1. The van der Waals surface area contributed by atoms with Crippen molar-refractivity contribution in [1.29, 1.82) is 0 Å². The molecule has 6 nitrogen and oxygen atoms in total. The zero-order chi connectivity index (χ0) is 20.0. The molecule has 2 aromatic rings. The lowest BCUT2D eigenvalue weighted by molar-refractivity contribution is -0.171. The Morgan fingerprint density at radius 3 is 2.59 bits per heavy atom. The predicted octanol–water partition coefficient (Wildman–Crippen LogP) is 3.41. The summed E-state index contributed by atoms with van der Waals surface area (Å²) in [7, 11) is -3.96. The molecule has 7 heteroatoms. The van der Waals surface area contributed by atoms with Crippen LogP contribution in [0.3, 0.4) is 0 Å². The van der Waals surface area contributed by atoms with Crippen molar-refractivity contribution in [2.45, 2.75) is 55.8 Å². The van der Waals surface area contributed by atoms with E-state index in [4.69, 9.17) is 4.74 Å². The van der Waals surface area contributed by atoms with Crippen LogP contribution in [0.2, 0.25) is 0 Å². The molecule has 3 atom stereocenters. The number of nitrogens with zero attached hydrogens (tertiary/aromatic N) is 2. The summed E-state index contributed by atoms with van der Waals surface area (Å²) in [5.74, 6) is 0.448. The second-order valence-corrected chi connectivity index (χ2v) is 10.4. The van der Waals surface area contributed by atoms with Gasteiger partial charge in [-0.15, -0.1) is 0 Å². The molecule has 0 aromatic heterocycles. The number of hydrogen-bond acceptors (Lipinski definition) is 5. The van der Waals surface area contributed by atoms with Gasteiger partial charge >= 0.3 is 0 Å². The molecule has 150 valence electrons. The Balaban J connectivity index is 1.55. The molecule has 7 rings (SSSR count). The first-order valence-electron chi connectivity index (χ1n) is 10.1. The van der Waals surface area contributed by atoms with E-state index in [0.29, 0.717) is 19.3 Å². The second-order valence-electron chi connectivity index (χ2n) is 8.60. The van der Waals surface area contributed by atoms with Crippen molar-refractivity contribution in [3.63, 3.8) is 0 Å². The lowest BCUT2D eigenvalue weighted by Gasteiger charge is -2.61. The number of carbonyl (C=O) groups is 1. The normalized spacial score (nSPS) is 32.0. The van der Waals surface area contributed by atoms with Crippen LogP contribution >= 0.6 is 0 Å². The molecule has 1 aliphatic carbocycles. The molecule has 1 unspecified atom stereocenters. The highest BCUT2D eigenvalue weighted by atomic mass is 32.2.